The van der Waals surface area contributed by atoms with Crippen molar-refractivity contribution in [2.45, 2.75) is 55.4 Å². The number of rotatable bonds is 22. The van der Waals surface area contributed by atoms with Crippen LogP contribution in [0.25, 0.3) is 22.5 Å². The van der Waals surface area contributed by atoms with Crippen LogP contribution in [-0.2, 0) is 40.8 Å². The number of benzene rings is 6. The number of nitrogens with zero attached hydrogens (tertiary/aromatic N) is 6. The fourth-order valence-corrected chi connectivity index (χ4v) is 12.4. The van der Waals surface area contributed by atoms with Crippen molar-refractivity contribution in [1.29, 1.82) is 0 Å². The highest BCUT2D eigenvalue weighted by molar-refractivity contribution is 14.1. The molecule has 8 N–H and O–H groups in total. The number of nitrogens with two attached hydrogens (primary N) is 3. The lowest BCUT2D eigenvalue weighted by molar-refractivity contribution is -0.385. The maximum Gasteiger partial charge on any atom is 0.361 e. The summed E-state index contributed by atoms with van der Waals surface area (Å²) in [5.41, 5.74) is 22.8. The number of nitrogens with one attached hydrogen (secondary N) is 1. The van der Waals surface area contributed by atoms with Crippen LogP contribution in [0.15, 0.2) is 158 Å². The smallest absolute Gasteiger partial charge is 0.361 e. The molecule has 0 radical (unpaired) electrons. The van der Waals surface area contributed by atoms with Crippen molar-refractivity contribution >= 4 is 108 Å². The second-order valence-corrected chi connectivity index (χ2v) is 25.4. The number of hydrogen-bond donors (Lipinski definition) is 5. The SMILES string of the molecule is CCOP(=O)(OCC)c1ccc(N)cc1.CCOP(=O)(OCC)c1ccc(NC(=O)c2nc(-c3ccc(C)cc3)cnc2N)cc1.CCOP(=O)(OCC)c1ccc([N+](=O)[O-])cc1.Cc1ccc(-c2cnc(N)c(C(=O)O)n2)cc1.O=[N+]([O-])c1ccc(I)cc1. The topological polar surface area (TPSA) is 389 Å². The number of hydrogen-bond acceptors (Lipinski definition) is 22. The van der Waals surface area contributed by atoms with Gasteiger partial charge in [-0.05, 0) is 151 Å². The number of anilines is 4. The predicted molar refractivity (Wildman–Crippen MR) is 356 cm³/mol. The molecule has 0 bridgehead atoms. The number of non-ortho nitro benzene ring substituents is 2. The Morgan fingerprint density at radius 2 is 0.811 bits per heavy atom. The van der Waals surface area contributed by atoms with E-state index in [1.165, 1.54) is 48.8 Å². The molecule has 30 heteroatoms. The first-order valence-corrected chi connectivity index (χ1v) is 33.2. The number of carbonyl (C=O) groups excluding carboxylic acids is 1. The molecular formula is C60H70IN10O16P3. The van der Waals surface area contributed by atoms with E-state index in [1.807, 2.05) is 62.4 Å². The molecule has 0 aliphatic heterocycles. The minimum Gasteiger partial charge on any atom is -0.476 e. The van der Waals surface area contributed by atoms with Gasteiger partial charge in [0.25, 0.3) is 17.3 Å². The summed E-state index contributed by atoms with van der Waals surface area (Å²) in [4.78, 5) is 59.6. The molecule has 6 aromatic carbocycles. The standard InChI is InChI=1S/C22H25N4O4P.C12H11N3O2.C10H14NO5P.C10H16NO3P.C6H4INO2/c1-4-29-31(28,30-5-2)18-12-10-17(11-13-18)25-22(27)20-21(23)24-14-19(26-20)16-8-6-15(3)7-9-16;1-7-2-4-8(5-3-7)9-6-14-11(13)10(15-9)12(16)17;1-3-15-17(14,16-4-2)10-7-5-9(6-8-10)11(12)13;1-3-13-15(12,14-4-2)10-7-5-9(11)6-8-10;7-5-1-3-6(4-2-5)8(9)10/h6-14H,4-5H2,1-3H3,(H2,23,24)(H,25,27);2-6H,1H3,(H2,13,14)(H,16,17);5-8H,3-4H2,1-2H3;5-8H,3-4,11H2,1-2H3;1-4H. The number of nitrogen functional groups attached to an aromatic ring is 3. The minimum absolute atomic E-state index is 0.0245. The van der Waals surface area contributed by atoms with Gasteiger partial charge in [-0.1, -0.05) is 59.7 Å². The quantitative estimate of drug-likeness (QED) is 0.0138. The summed E-state index contributed by atoms with van der Waals surface area (Å²) in [7, 11) is -9.88. The average Bonchev–Trinajstić information content (AvgIpc) is 2.23. The van der Waals surface area contributed by atoms with Crippen LogP contribution in [0.3, 0.4) is 0 Å². The van der Waals surface area contributed by atoms with Crippen LogP contribution in [0.5, 0.6) is 0 Å². The maximum atomic E-state index is 12.8. The average molecular weight is 1410 g/mol. The Morgan fingerprint density at radius 3 is 1.14 bits per heavy atom. The van der Waals surface area contributed by atoms with Crippen LogP contribution in [0, 0.1) is 37.6 Å². The van der Waals surface area contributed by atoms with Gasteiger partial charge in [-0.3, -0.25) is 38.7 Å². The number of amides is 1. The van der Waals surface area contributed by atoms with Crippen molar-refractivity contribution < 1.29 is 65.4 Å². The third-order valence-electron chi connectivity index (χ3n) is 11.6. The van der Waals surface area contributed by atoms with E-state index in [0.29, 0.717) is 51.9 Å². The zero-order valence-corrected chi connectivity index (χ0v) is 55.3. The van der Waals surface area contributed by atoms with E-state index in [2.05, 4.69) is 47.8 Å². The summed E-state index contributed by atoms with van der Waals surface area (Å²) in [5, 5.41) is 33.5. The fraction of sp³-hybridized carbons (Fsp3) is 0.233. The molecule has 90 heavy (non-hydrogen) atoms. The Labute approximate surface area is 534 Å². The van der Waals surface area contributed by atoms with Crippen molar-refractivity contribution in [3.05, 3.63) is 204 Å². The van der Waals surface area contributed by atoms with E-state index in [0.717, 1.165) is 25.8 Å². The van der Waals surface area contributed by atoms with Crippen molar-refractivity contribution in [2.75, 3.05) is 62.2 Å². The molecule has 0 unspecified atom stereocenters. The van der Waals surface area contributed by atoms with Crippen molar-refractivity contribution in [3.8, 4) is 22.5 Å². The molecule has 0 saturated heterocycles. The molecule has 0 spiro atoms. The molecular weight excluding hydrogens is 1340 g/mol. The fourth-order valence-electron chi connectivity index (χ4n) is 7.32. The Morgan fingerprint density at radius 1 is 0.500 bits per heavy atom. The highest BCUT2D eigenvalue weighted by atomic mass is 127. The molecule has 0 aliphatic rings. The first-order chi connectivity index (χ1) is 42.8. The maximum absolute atomic E-state index is 12.8. The highest BCUT2D eigenvalue weighted by Gasteiger charge is 2.29. The molecule has 478 valence electrons. The number of carboxylic acid groups (broad SMARTS) is 1. The first-order valence-electron chi connectivity index (χ1n) is 27.5. The predicted octanol–water partition coefficient (Wildman–Crippen LogP) is 12.8. The second kappa shape index (κ2) is 36.5. The zero-order valence-electron chi connectivity index (χ0n) is 50.5. The van der Waals surface area contributed by atoms with Crippen LogP contribution in [0.1, 0.15) is 73.6 Å². The lowest BCUT2D eigenvalue weighted by Crippen LogP contribution is -2.18. The van der Waals surface area contributed by atoms with Crippen molar-refractivity contribution in [3.63, 3.8) is 0 Å². The van der Waals surface area contributed by atoms with Gasteiger partial charge < -0.3 is 54.8 Å². The summed E-state index contributed by atoms with van der Waals surface area (Å²) >= 11 is 2.10. The van der Waals surface area contributed by atoms with Gasteiger partial charge in [-0.2, -0.15) is 0 Å². The Kier molecular flexibility index (Phi) is 30.1. The third-order valence-corrected chi connectivity index (χ3v) is 18.7. The molecule has 2 aromatic heterocycles. The number of halogens is 1. The highest BCUT2D eigenvalue weighted by Crippen LogP contribution is 2.48. The monoisotopic (exact) mass is 1410 g/mol. The lowest BCUT2D eigenvalue weighted by atomic mass is 10.1. The molecule has 0 fully saturated rings. The van der Waals surface area contributed by atoms with Gasteiger partial charge in [-0.25, -0.2) is 24.7 Å². The molecule has 1 amide bonds. The number of carbonyl (C=O) groups is 2. The summed E-state index contributed by atoms with van der Waals surface area (Å²) in [6, 6.07) is 40.2. The first kappa shape index (κ1) is 74.3. The van der Waals surface area contributed by atoms with E-state index in [4.69, 9.17) is 49.5 Å². The summed E-state index contributed by atoms with van der Waals surface area (Å²) in [6.07, 6.45) is 3.00. The van der Waals surface area contributed by atoms with Gasteiger partial charge in [0.1, 0.15) is 0 Å². The van der Waals surface area contributed by atoms with Crippen LogP contribution < -0.4 is 38.4 Å². The Bertz CT molecular complexity index is 3750. The zero-order chi connectivity index (χ0) is 66.6. The third kappa shape index (κ3) is 22.7. The Hall–Kier alpha value is -8.20. The molecule has 0 aliphatic carbocycles. The van der Waals surface area contributed by atoms with Crippen LogP contribution in [0.2, 0.25) is 0 Å². The normalized spacial score (nSPS) is 10.9. The summed E-state index contributed by atoms with van der Waals surface area (Å²) in [6.45, 7) is 16.1. The van der Waals surface area contributed by atoms with Gasteiger partial charge >= 0.3 is 28.8 Å². The number of nitro benzene ring substituents is 2. The molecule has 8 aromatic rings. The van der Waals surface area contributed by atoms with E-state index >= 15 is 0 Å². The summed E-state index contributed by atoms with van der Waals surface area (Å²) in [5.74, 6) is -1.72. The van der Waals surface area contributed by atoms with Gasteiger partial charge in [-0.15, -0.1) is 0 Å². The number of aromatic carboxylic acids is 1. The number of aromatic nitrogens is 4. The number of nitro groups is 2. The van der Waals surface area contributed by atoms with Crippen molar-refractivity contribution in [1.82, 2.24) is 19.9 Å². The molecule has 2 heterocycles. The van der Waals surface area contributed by atoms with Crippen molar-refractivity contribution in [2.24, 2.45) is 0 Å². The van der Waals surface area contributed by atoms with E-state index in [9.17, 15) is 43.5 Å². The molecule has 8 rings (SSSR count). The molecule has 0 atom stereocenters. The molecule has 26 nitrogen and oxygen atoms in total. The van der Waals surface area contributed by atoms with Gasteiger partial charge in [0.2, 0.25) is 0 Å². The van der Waals surface area contributed by atoms with E-state index < -0.39 is 44.5 Å². The van der Waals surface area contributed by atoms with Gasteiger partial charge in [0.15, 0.2) is 23.0 Å². The van der Waals surface area contributed by atoms with Crippen LogP contribution in [-0.4, -0.2) is 86.4 Å². The van der Waals surface area contributed by atoms with E-state index in [-0.39, 0.29) is 60.8 Å². The summed E-state index contributed by atoms with van der Waals surface area (Å²) < 4.78 is 69.7. The molecule has 0 saturated carbocycles. The Balaban J connectivity index is 0.000000254. The van der Waals surface area contributed by atoms with Gasteiger partial charge in [0, 0.05) is 50.3 Å². The lowest BCUT2D eigenvalue weighted by Gasteiger charge is -2.17. The minimum atomic E-state index is -3.39. The number of carboxylic acids is 1. The second-order valence-electron chi connectivity index (χ2n) is 18.1. The number of aryl methyl sites for hydroxylation is 2. The van der Waals surface area contributed by atoms with Crippen LogP contribution in [0.4, 0.5) is 34.4 Å². The van der Waals surface area contributed by atoms with Gasteiger partial charge in [0.05, 0.1) is 89.2 Å². The largest absolute Gasteiger partial charge is 0.476 e. The van der Waals surface area contributed by atoms with E-state index in [1.54, 1.807) is 102 Å². The van der Waals surface area contributed by atoms with Crippen LogP contribution >= 0.6 is 45.4 Å².